The summed E-state index contributed by atoms with van der Waals surface area (Å²) in [4.78, 5) is 0. The van der Waals surface area contributed by atoms with Crippen molar-refractivity contribution in [3.05, 3.63) is 0 Å². The highest BCUT2D eigenvalue weighted by Gasteiger charge is 2.28. The van der Waals surface area contributed by atoms with Gasteiger partial charge < -0.3 is 10.2 Å². The predicted molar refractivity (Wildman–Crippen MR) is 49.9 cm³/mol. The molecule has 0 aromatic rings. The summed E-state index contributed by atoms with van der Waals surface area (Å²) in [6, 6.07) is 0. The lowest BCUT2D eigenvalue weighted by Crippen LogP contribution is -2.33. The van der Waals surface area contributed by atoms with Crippen molar-refractivity contribution in [2.24, 2.45) is 5.41 Å². The van der Waals surface area contributed by atoms with E-state index in [1.165, 1.54) is 0 Å². The van der Waals surface area contributed by atoms with Crippen molar-refractivity contribution < 1.29 is 10.2 Å². The number of aliphatic hydroxyl groups excluding tert-OH is 2. The molecule has 0 bridgehead atoms. The average Bonchev–Trinajstić information content (AvgIpc) is 1.83. The first-order chi connectivity index (χ1) is 4.90. The molecule has 0 saturated heterocycles. The van der Waals surface area contributed by atoms with Gasteiger partial charge in [0.2, 0.25) is 0 Å². The van der Waals surface area contributed by atoms with Gasteiger partial charge in [0, 0.05) is 5.33 Å². The summed E-state index contributed by atoms with van der Waals surface area (Å²) >= 11 is 3.21. The molecule has 2 unspecified atom stereocenters. The molecule has 0 aromatic heterocycles. The number of hydrogen-bond acceptors (Lipinski definition) is 2. The van der Waals surface area contributed by atoms with Crippen molar-refractivity contribution in [1.82, 2.24) is 0 Å². The summed E-state index contributed by atoms with van der Waals surface area (Å²) in [5.74, 6) is 0. The van der Waals surface area contributed by atoms with E-state index in [0.717, 1.165) is 0 Å². The minimum absolute atomic E-state index is 0.211. The average molecular weight is 225 g/mol. The van der Waals surface area contributed by atoms with Gasteiger partial charge in [0.25, 0.3) is 0 Å². The molecule has 0 aliphatic carbocycles. The van der Waals surface area contributed by atoms with Gasteiger partial charge in [-0.05, 0) is 18.8 Å². The van der Waals surface area contributed by atoms with E-state index in [1.807, 2.05) is 13.8 Å². The quantitative estimate of drug-likeness (QED) is 0.712. The third-order valence-corrected chi connectivity index (χ3v) is 2.48. The van der Waals surface area contributed by atoms with E-state index in [2.05, 4.69) is 15.9 Å². The molecule has 0 aliphatic heterocycles. The normalized spacial score (nSPS) is 18.0. The van der Waals surface area contributed by atoms with Crippen molar-refractivity contribution in [1.29, 1.82) is 0 Å². The van der Waals surface area contributed by atoms with E-state index in [4.69, 9.17) is 5.11 Å². The largest absolute Gasteiger partial charge is 0.393 e. The molecule has 68 valence electrons. The van der Waals surface area contributed by atoms with Crippen LogP contribution in [-0.4, -0.2) is 27.8 Å². The first-order valence-corrected chi connectivity index (χ1v) is 4.94. The second-order valence-electron chi connectivity index (χ2n) is 3.71. The van der Waals surface area contributed by atoms with Crippen molar-refractivity contribution in [2.75, 3.05) is 5.33 Å². The first kappa shape index (κ1) is 11.4. The van der Waals surface area contributed by atoms with Crippen molar-refractivity contribution >= 4 is 15.9 Å². The fraction of sp³-hybridized carbons (Fsp3) is 1.00. The minimum Gasteiger partial charge on any atom is -0.393 e. The third kappa shape index (κ3) is 4.09. The Morgan fingerprint density at radius 3 is 2.09 bits per heavy atom. The Bertz CT molecular complexity index is 113. The van der Waals surface area contributed by atoms with E-state index in [9.17, 15) is 5.11 Å². The Labute approximate surface area is 76.7 Å². The van der Waals surface area contributed by atoms with Gasteiger partial charge in [-0.1, -0.05) is 29.8 Å². The SMILES string of the molecule is CC(O)CC(C)(C)C(O)CBr. The molecule has 2 atom stereocenters. The molecule has 0 amide bonds. The molecule has 0 fully saturated rings. The molecule has 0 aromatic carbocycles. The van der Waals surface area contributed by atoms with Crippen LogP contribution in [-0.2, 0) is 0 Å². The molecule has 0 saturated carbocycles. The summed E-state index contributed by atoms with van der Waals surface area (Å²) in [6.45, 7) is 5.64. The smallest absolute Gasteiger partial charge is 0.0688 e. The lowest BCUT2D eigenvalue weighted by Gasteiger charge is -2.30. The molecule has 11 heavy (non-hydrogen) atoms. The number of halogens is 1. The Kier molecular flexibility index (Phi) is 4.59. The van der Waals surface area contributed by atoms with Crippen LogP contribution in [0.1, 0.15) is 27.2 Å². The molecule has 0 spiro atoms. The molecule has 0 rings (SSSR count). The molecular formula is C8H17BrO2. The molecule has 2 N–H and O–H groups in total. The number of hydrogen-bond donors (Lipinski definition) is 2. The van der Waals surface area contributed by atoms with E-state index >= 15 is 0 Å². The second-order valence-corrected chi connectivity index (χ2v) is 4.36. The summed E-state index contributed by atoms with van der Waals surface area (Å²) in [6.07, 6.45) is -0.115. The molecule has 0 aliphatic rings. The van der Waals surface area contributed by atoms with Crippen LogP contribution in [0.4, 0.5) is 0 Å². The second kappa shape index (κ2) is 4.43. The fourth-order valence-electron chi connectivity index (χ4n) is 1.11. The molecule has 3 heteroatoms. The van der Waals surface area contributed by atoms with Crippen molar-refractivity contribution in [3.63, 3.8) is 0 Å². The van der Waals surface area contributed by atoms with Crippen molar-refractivity contribution in [3.8, 4) is 0 Å². The highest BCUT2D eigenvalue weighted by atomic mass is 79.9. The third-order valence-electron chi connectivity index (χ3n) is 1.87. The van der Waals surface area contributed by atoms with E-state index in [0.29, 0.717) is 11.8 Å². The Morgan fingerprint density at radius 1 is 1.36 bits per heavy atom. The van der Waals surface area contributed by atoms with Crippen LogP contribution in [0.25, 0.3) is 0 Å². The molecule has 2 nitrogen and oxygen atoms in total. The lowest BCUT2D eigenvalue weighted by atomic mass is 9.82. The summed E-state index contributed by atoms with van der Waals surface area (Å²) in [5.41, 5.74) is -0.211. The lowest BCUT2D eigenvalue weighted by molar-refractivity contribution is 0.0283. The maximum absolute atomic E-state index is 9.48. The van der Waals surface area contributed by atoms with Gasteiger partial charge in [-0.3, -0.25) is 0 Å². The molecule has 0 heterocycles. The summed E-state index contributed by atoms with van der Waals surface area (Å²) < 4.78 is 0. The summed E-state index contributed by atoms with van der Waals surface area (Å²) in [7, 11) is 0. The minimum atomic E-state index is -0.392. The Balaban J connectivity index is 3.98. The van der Waals surface area contributed by atoms with Crippen LogP contribution >= 0.6 is 15.9 Å². The van der Waals surface area contributed by atoms with Crippen LogP contribution < -0.4 is 0 Å². The highest BCUT2D eigenvalue weighted by molar-refractivity contribution is 9.09. The number of alkyl halides is 1. The first-order valence-electron chi connectivity index (χ1n) is 3.82. The molecule has 0 radical (unpaired) electrons. The van der Waals surface area contributed by atoms with Crippen LogP contribution in [0.5, 0.6) is 0 Å². The van der Waals surface area contributed by atoms with Crippen molar-refractivity contribution in [2.45, 2.75) is 39.4 Å². The van der Waals surface area contributed by atoms with Gasteiger partial charge in [-0.25, -0.2) is 0 Å². The fourth-order valence-corrected chi connectivity index (χ4v) is 1.98. The van der Waals surface area contributed by atoms with Gasteiger partial charge in [-0.15, -0.1) is 0 Å². The predicted octanol–water partition coefficient (Wildman–Crippen LogP) is 1.54. The number of rotatable bonds is 4. The van der Waals surface area contributed by atoms with Gasteiger partial charge in [-0.2, -0.15) is 0 Å². The van der Waals surface area contributed by atoms with Gasteiger partial charge >= 0.3 is 0 Å². The van der Waals surface area contributed by atoms with Crippen LogP contribution in [0.2, 0.25) is 0 Å². The van der Waals surface area contributed by atoms with Gasteiger partial charge in [0.1, 0.15) is 0 Å². The van der Waals surface area contributed by atoms with E-state index < -0.39 is 6.10 Å². The van der Waals surface area contributed by atoms with E-state index in [1.54, 1.807) is 6.92 Å². The molecular weight excluding hydrogens is 208 g/mol. The zero-order chi connectivity index (χ0) is 9.07. The number of aliphatic hydroxyl groups is 2. The van der Waals surface area contributed by atoms with Crippen LogP contribution in [0.15, 0.2) is 0 Å². The maximum atomic E-state index is 9.48. The van der Waals surface area contributed by atoms with E-state index in [-0.39, 0.29) is 11.5 Å². The van der Waals surface area contributed by atoms with Gasteiger partial charge in [0.05, 0.1) is 12.2 Å². The standard InChI is InChI=1S/C8H17BrO2/c1-6(10)4-8(2,3)7(11)5-9/h6-7,10-11H,4-5H2,1-3H3. The Hall–Kier alpha value is 0.400. The Morgan fingerprint density at radius 2 is 1.82 bits per heavy atom. The summed E-state index contributed by atoms with van der Waals surface area (Å²) in [5, 5.41) is 19.1. The zero-order valence-corrected chi connectivity index (χ0v) is 8.93. The highest BCUT2D eigenvalue weighted by Crippen LogP contribution is 2.27. The topological polar surface area (TPSA) is 40.5 Å². The van der Waals surface area contributed by atoms with Crippen LogP contribution in [0.3, 0.4) is 0 Å². The monoisotopic (exact) mass is 224 g/mol. The van der Waals surface area contributed by atoms with Crippen LogP contribution in [0, 0.1) is 5.41 Å². The van der Waals surface area contributed by atoms with Gasteiger partial charge in [0.15, 0.2) is 0 Å². The maximum Gasteiger partial charge on any atom is 0.0688 e. The zero-order valence-electron chi connectivity index (χ0n) is 7.34.